The van der Waals surface area contributed by atoms with Crippen molar-refractivity contribution in [1.29, 1.82) is 0 Å². The topological polar surface area (TPSA) is 45.6 Å². The van der Waals surface area contributed by atoms with Gasteiger partial charge in [0.2, 0.25) is 0 Å². The summed E-state index contributed by atoms with van der Waals surface area (Å²) in [4.78, 5) is 29.6. The maximum absolute atomic E-state index is 12.9. The molecule has 0 atom stereocenters. The van der Waals surface area contributed by atoms with Crippen LogP contribution in [-0.4, -0.2) is 58.8 Å². The number of rotatable bonds is 5. The zero-order chi connectivity index (χ0) is 19.8. The fourth-order valence-electron chi connectivity index (χ4n) is 4.31. The maximum Gasteiger partial charge on any atom is 0.253 e. The number of carbonyl (C=O) groups excluding carboxylic acids is 2. The van der Waals surface area contributed by atoms with Gasteiger partial charge in [0.05, 0.1) is 6.54 Å². The van der Waals surface area contributed by atoms with Crippen LogP contribution in [0.1, 0.15) is 56.6 Å². The average molecular weight is 380 g/mol. The molecule has 1 saturated heterocycles. The van der Waals surface area contributed by atoms with Crippen molar-refractivity contribution in [3.63, 3.8) is 0 Å². The van der Waals surface area contributed by atoms with E-state index in [0.717, 1.165) is 35.5 Å². The van der Waals surface area contributed by atoms with Crippen LogP contribution in [-0.2, 0) is 0 Å². The van der Waals surface area contributed by atoms with E-state index in [1.54, 1.807) is 0 Å². The van der Waals surface area contributed by atoms with Crippen LogP contribution in [0.25, 0.3) is 0 Å². The summed E-state index contributed by atoms with van der Waals surface area (Å²) in [6.45, 7) is 9.41. The summed E-state index contributed by atoms with van der Waals surface area (Å²) in [5.41, 5.74) is 5.01. The van der Waals surface area contributed by atoms with Gasteiger partial charge < -0.3 is 9.47 Å². The zero-order valence-corrected chi connectivity index (χ0v) is 17.1. The van der Waals surface area contributed by atoms with Gasteiger partial charge in [0, 0.05) is 54.7 Å². The Bertz CT molecular complexity index is 903. The molecule has 148 valence electrons. The highest BCUT2D eigenvalue weighted by atomic mass is 16.2. The highest BCUT2D eigenvalue weighted by molar-refractivity contribution is 5.99. The fourth-order valence-corrected chi connectivity index (χ4v) is 4.31. The van der Waals surface area contributed by atoms with E-state index in [1.807, 2.05) is 42.2 Å². The van der Waals surface area contributed by atoms with Crippen LogP contribution in [0.5, 0.6) is 0 Å². The van der Waals surface area contributed by atoms with Crippen LogP contribution >= 0.6 is 0 Å². The zero-order valence-electron chi connectivity index (χ0n) is 17.1. The second-order valence-corrected chi connectivity index (χ2v) is 8.25. The van der Waals surface area contributed by atoms with Gasteiger partial charge in [-0.15, -0.1) is 0 Å². The van der Waals surface area contributed by atoms with Crippen LogP contribution in [0, 0.1) is 20.8 Å². The number of piperazine rings is 1. The highest BCUT2D eigenvalue weighted by Crippen LogP contribution is 2.38. The first kappa shape index (κ1) is 18.9. The second-order valence-electron chi connectivity index (χ2n) is 8.25. The molecule has 28 heavy (non-hydrogen) atoms. The van der Waals surface area contributed by atoms with E-state index >= 15 is 0 Å². The lowest BCUT2D eigenvalue weighted by Gasteiger charge is -2.34. The van der Waals surface area contributed by atoms with Gasteiger partial charge in [-0.1, -0.05) is 17.7 Å². The molecule has 0 unspecified atom stereocenters. The molecule has 5 heteroatoms. The van der Waals surface area contributed by atoms with Crippen LogP contribution < -0.4 is 0 Å². The molecule has 2 aliphatic rings. The molecule has 2 heterocycles. The number of aryl methyl sites for hydroxylation is 2. The van der Waals surface area contributed by atoms with E-state index in [0.29, 0.717) is 25.7 Å². The van der Waals surface area contributed by atoms with Crippen molar-refractivity contribution in [2.24, 2.45) is 0 Å². The summed E-state index contributed by atoms with van der Waals surface area (Å²) in [5.74, 6) is 0.279. The van der Waals surface area contributed by atoms with Crippen molar-refractivity contribution in [1.82, 2.24) is 14.4 Å². The minimum atomic E-state index is 0.0858. The summed E-state index contributed by atoms with van der Waals surface area (Å²) >= 11 is 0. The van der Waals surface area contributed by atoms with Crippen LogP contribution in [0.3, 0.4) is 0 Å². The normalized spacial score (nSPS) is 17.8. The average Bonchev–Trinajstić information content (AvgIpc) is 3.46. The lowest BCUT2D eigenvalue weighted by atomic mass is 10.1. The molecule has 0 radical (unpaired) electrons. The van der Waals surface area contributed by atoms with Gasteiger partial charge in [-0.3, -0.25) is 14.5 Å². The number of aromatic nitrogens is 1. The van der Waals surface area contributed by atoms with Crippen molar-refractivity contribution in [2.75, 3.05) is 32.7 Å². The first-order valence-corrected chi connectivity index (χ1v) is 10.2. The SMILES string of the molecule is Cc1cccc(C(=O)N2CCN(CC(=O)c3cc(C)n(C4CC4)c3C)CC2)c1. The number of ketones is 1. The molecule has 5 nitrogen and oxygen atoms in total. The predicted molar refractivity (Wildman–Crippen MR) is 110 cm³/mol. The molecular formula is C23H29N3O2. The van der Waals surface area contributed by atoms with E-state index in [-0.39, 0.29) is 11.7 Å². The number of carbonyl (C=O) groups is 2. The van der Waals surface area contributed by atoms with E-state index in [1.165, 1.54) is 18.5 Å². The first-order valence-electron chi connectivity index (χ1n) is 10.2. The summed E-state index contributed by atoms with van der Waals surface area (Å²) in [7, 11) is 0. The number of nitrogens with zero attached hydrogens (tertiary/aromatic N) is 3. The number of hydrogen-bond acceptors (Lipinski definition) is 3. The third-order valence-corrected chi connectivity index (χ3v) is 5.99. The predicted octanol–water partition coefficient (Wildman–Crippen LogP) is 3.39. The summed E-state index contributed by atoms with van der Waals surface area (Å²) in [6, 6.07) is 10.4. The Morgan fingerprint density at radius 1 is 1.00 bits per heavy atom. The van der Waals surface area contributed by atoms with E-state index < -0.39 is 0 Å². The molecule has 0 bridgehead atoms. The van der Waals surface area contributed by atoms with Gasteiger partial charge in [0.15, 0.2) is 5.78 Å². The minimum Gasteiger partial charge on any atom is -0.345 e. The standard InChI is InChI=1S/C23H29N3O2/c1-16-5-4-6-19(13-16)23(28)25-11-9-24(10-12-25)15-22(27)21-14-17(2)26(18(21)3)20-7-8-20/h4-6,13-14,20H,7-12,15H2,1-3H3. The Kier molecular flexibility index (Phi) is 5.11. The Hall–Kier alpha value is -2.40. The molecule has 1 aromatic carbocycles. The second kappa shape index (κ2) is 7.55. The molecule has 0 spiro atoms. The lowest BCUT2D eigenvalue weighted by molar-refractivity contribution is 0.0624. The summed E-state index contributed by atoms with van der Waals surface area (Å²) in [5, 5.41) is 0. The van der Waals surface area contributed by atoms with Crippen molar-refractivity contribution >= 4 is 11.7 Å². The maximum atomic E-state index is 12.9. The molecular weight excluding hydrogens is 350 g/mol. The Morgan fingerprint density at radius 2 is 1.71 bits per heavy atom. The molecule has 1 aliphatic heterocycles. The Labute approximate surface area is 166 Å². The lowest BCUT2D eigenvalue weighted by Crippen LogP contribution is -2.49. The van der Waals surface area contributed by atoms with Gasteiger partial charge in [0.25, 0.3) is 5.91 Å². The highest BCUT2D eigenvalue weighted by Gasteiger charge is 2.29. The van der Waals surface area contributed by atoms with Gasteiger partial charge in [-0.05, 0) is 51.8 Å². The van der Waals surface area contributed by atoms with Crippen molar-refractivity contribution in [3.8, 4) is 0 Å². The molecule has 0 N–H and O–H groups in total. The molecule has 1 aromatic heterocycles. The summed E-state index contributed by atoms with van der Waals surface area (Å²) < 4.78 is 2.33. The monoisotopic (exact) mass is 379 g/mol. The van der Waals surface area contributed by atoms with E-state index in [9.17, 15) is 9.59 Å². The molecule has 1 amide bonds. The molecule has 1 aliphatic carbocycles. The Balaban J connectivity index is 1.35. The van der Waals surface area contributed by atoms with Gasteiger partial charge in [-0.2, -0.15) is 0 Å². The number of benzene rings is 1. The molecule has 1 saturated carbocycles. The van der Waals surface area contributed by atoms with Crippen LogP contribution in [0.4, 0.5) is 0 Å². The molecule has 4 rings (SSSR count). The van der Waals surface area contributed by atoms with Crippen molar-refractivity contribution < 1.29 is 9.59 Å². The van der Waals surface area contributed by atoms with Crippen molar-refractivity contribution in [3.05, 3.63) is 58.4 Å². The smallest absolute Gasteiger partial charge is 0.253 e. The third kappa shape index (κ3) is 3.76. The number of Topliss-reactive ketones (excluding diaryl/α,β-unsaturated/α-hetero) is 1. The molecule has 2 aromatic rings. The van der Waals surface area contributed by atoms with Gasteiger partial charge in [-0.25, -0.2) is 0 Å². The quantitative estimate of drug-likeness (QED) is 0.748. The number of hydrogen-bond donors (Lipinski definition) is 0. The number of amides is 1. The van der Waals surface area contributed by atoms with Crippen LogP contribution in [0.2, 0.25) is 0 Å². The largest absolute Gasteiger partial charge is 0.345 e. The first-order chi connectivity index (χ1) is 13.4. The van der Waals surface area contributed by atoms with E-state index in [2.05, 4.69) is 23.3 Å². The third-order valence-electron chi connectivity index (χ3n) is 5.99. The molecule has 2 fully saturated rings. The van der Waals surface area contributed by atoms with E-state index in [4.69, 9.17) is 0 Å². The Morgan fingerprint density at radius 3 is 2.36 bits per heavy atom. The van der Waals surface area contributed by atoms with Gasteiger partial charge in [0.1, 0.15) is 0 Å². The fraction of sp³-hybridized carbons (Fsp3) is 0.478. The summed E-state index contributed by atoms with van der Waals surface area (Å²) in [6.07, 6.45) is 2.45. The van der Waals surface area contributed by atoms with Crippen molar-refractivity contribution in [2.45, 2.75) is 39.7 Å². The van der Waals surface area contributed by atoms with Crippen LogP contribution in [0.15, 0.2) is 30.3 Å². The van der Waals surface area contributed by atoms with Gasteiger partial charge >= 0.3 is 0 Å². The minimum absolute atomic E-state index is 0.0858.